The first-order valence-electron chi connectivity index (χ1n) is 7.65. The predicted octanol–water partition coefficient (Wildman–Crippen LogP) is 4.74. The molecule has 24 heavy (non-hydrogen) atoms. The minimum Gasteiger partial charge on any atom is -0.378 e. The molecule has 2 aromatic rings. The van der Waals surface area contributed by atoms with Crippen LogP contribution in [0.4, 0.5) is 17.1 Å². The van der Waals surface area contributed by atoms with Crippen LogP contribution in [0, 0.1) is 0 Å². The second-order valence-electron chi connectivity index (χ2n) is 6.72. The molecule has 0 aliphatic rings. The van der Waals surface area contributed by atoms with Crippen molar-refractivity contribution in [3.8, 4) is 0 Å². The Hall–Kier alpha value is -2.21. The maximum atomic E-state index is 12.4. The van der Waals surface area contributed by atoms with Gasteiger partial charge in [-0.1, -0.05) is 0 Å². The number of nitrogens with zero attached hydrogens (tertiary/aromatic N) is 3. The normalized spacial score (nSPS) is 12.5. The molecule has 0 atom stereocenters. The van der Waals surface area contributed by atoms with E-state index in [9.17, 15) is 8.42 Å². The molecule has 5 nitrogen and oxygen atoms in total. The van der Waals surface area contributed by atoms with Crippen LogP contribution >= 0.6 is 0 Å². The zero-order valence-electron chi connectivity index (χ0n) is 14.7. The molecule has 0 fully saturated rings. The minimum atomic E-state index is -3.35. The molecule has 0 amide bonds. The van der Waals surface area contributed by atoms with E-state index in [-0.39, 0.29) is 0 Å². The van der Waals surface area contributed by atoms with Crippen LogP contribution in [0.15, 0.2) is 63.7 Å². The fourth-order valence-corrected chi connectivity index (χ4v) is 3.18. The minimum absolute atomic E-state index is 0.296. The van der Waals surface area contributed by atoms with E-state index in [0.29, 0.717) is 10.6 Å². The molecule has 0 aromatic heterocycles. The summed E-state index contributed by atoms with van der Waals surface area (Å²) in [6.45, 7) is 5.06. The van der Waals surface area contributed by atoms with Gasteiger partial charge in [0.05, 0.1) is 21.0 Å². The van der Waals surface area contributed by atoms with Crippen LogP contribution in [-0.2, 0) is 9.84 Å². The molecule has 2 aromatic carbocycles. The molecular weight excluding hydrogens is 322 g/mol. The summed E-state index contributed by atoms with van der Waals surface area (Å²) < 4.78 is 23.9. The summed E-state index contributed by atoms with van der Waals surface area (Å²) in [5.41, 5.74) is 2.44. The fraction of sp³-hybridized carbons (Fsp3) is 0.333. The topological polar surface area (TPSA) is 62.1 Å². The van der Waals surface area contributed by atoms with E-state index in [1.165, 1.54) is 0 Å². The van der Waals surface area contributed by atoms with Crippen molar-refractivity contribution >= 4 is 26.9 Å². The van der Waals surface area contributed by atoms with Gasteiger partial charge in [0.2, 0.25) is 0 Å². The fourth-order valence-electron chi connectivity index (χ4n) is 1.98. The summed E-state index contributed by atoms with van der Waals surface area (Å²) in [5, 5.41) is 8.33. The van der Waals surface area contributed by atoms with Crippen LogP contribution in [0.3, 0.4) is 0 Å². The SMILES string of the molecule is CN(C)c1ccc(/N=N/c2ccc(S(=O)(=O)C(C)(C)C)cc2)cc1. The molecule has 0 aliphatic heterocycles. The number of rotatable bonds is 4. The lowest BCUT2D eigenvalue weighted by Gasteiger charge is -2.19. The van der Waals surface area contributed by atoms with Crippen LogP contribution in [0.2, 0.25) is 0 Å². The number of sulfone groups is 1. The molecule has 0 heterocycles. The van der Waals surface area contributed by atoms with E-state index in [2.05, 4.69) is 10.2 Å². The Morgan fingerprint density at radius 3 is 1.58 bits per heavy atom. The molecule has 0 aliphatic carbocycles. The molecular formula is C18H23N3O2S. The maximum absolute atomic E-state index is 12.4. The first-order valence-corrected chi connectivity index (χ1v) is 9.13. The molecule has 0 bridgehead atoms. The third-order valence-corrected chi connectivity index (χ3v) is 6.11. The van der Waals surface area contributed by atoms with Crippen LogP contribution in [0.5, 0.6) is 0 Å². The van der Waals surface area contributed by atoms with Crippen molar-refractivity contribution in [2.24, 2.45) is 10.2 Å². The van der Waals surface area contributed by atoms with Gasteiger partial charge in [-0.05, 0) is 69.3 Å². The van der Waals surface area contributed by atoms with Gasteiger partial charge in [0, 0.05) is 19.8 Å². The highest BCUT2D eigenvalue weighted by Crippen LogP contribution is 2.27. The van der Waals surface area contributed by atoms with Gasteiger partial charge in [-0.15, -0.1) is 0 Å². The Bertz CT molecular complexity index is 816. The van der Waals surface area contributed by atoms with Crippen LogP contribution in [-0.4, -0.2) is 27.3 Å². The quantitative estimate of drug-likeness (QED) is 0.752. The Labute approximate surface area is 144 Å². The van der Waals surface area contributed by atoms with Crippen molar-refractivity contribution < 1.29 is 8.42 Å². The lowest BCUT2D eigenvalue weighted by Crippen LogP contribution is -2.27. The highest BCUT2D eigenvalue weighted by Gasteiger charge is 2.30. The number of hydrogen-bond acceptors (Lipinski definition) is 5. The largest absolute Gasteiger partial charge is 0.378 e. The summed E-state index contributed by atoms with van der Waals surface area (Å²) in [4.78, 5) is 2.30. The van der Waals surface area contributed by atoms with Gasteiger partial charge in [-0.25, -0.2) is 8.42 Å². The second kappa shape index (κ2) is 6.73. The van der Waals surface area contributed by atoms with Crippen molar-refractivity contribution in [3.63, 3.8) is 0 Å². The lowest BCUT2D eigenvalue weighted by molar-refractivity contribution is 0.560. The van der Waals surface area contributed by atoms with Gasteiger partial charge < -0.3 is 4.90 Å². The molecule has 2 rings (SSSR count). The van der Waals surface area contributed by atoms with E-state index >= 15 is 0 Å². The first kappa shape index (κ1) is 18.1. The standard InChI is InChI=1S/C18H23N3O2S/c1-18(2,3)24(22,23)17-12-8-15(9-13-17)20-19-14-6-10-16(11-7-14)21(4)5/h6-13H,1-5H3/b20-19+. The van der Waals surface area contributed by atoms with Crippen molar-refractivity contribution in [1.29, 1.82) is 0 Å². The van der Waals surface area contributed by atoms with Crippen molar-refractivity contribution in [3.05, 3.63) is 48.5 Å². The monoisotopic (exact) mass is 345 g/mol. The summed E-state index contributed by atoms with van der Waals surface area (Å²) in [7, 11) is 0.602. The Morgan fingerprint density at radius 1 is 0.792 bits per heavy atom. The highest BCUT2D eigenvalue weighted by molar-refractivity contribution is 7.92. The van der Waals surface area contributed by atoms with Gasteiger partial charge in [0.15, 0.2) is 9.84 Å². The molecule has 0 unspecified atom stereocenters. The summed E-state index contributed by atoms with van der Waals surface area (Å²) in [6, 6.07) is 14.2. The van der Waals surface area contributed by atoms with Crippen LogP contribution in [0.1, 0.15) is 20.8 Å². The van der Waals surface area contributed by atoms with Gasteiger partial charge >= 0.3 is 0 Å². The Balaban J connectivity index is 2.17. The summed E-state index contributed by atoms with van der Waals surface area (Å²) in [6.07, 6.45) is 0. The number of azo groups is 1. The van der Waals surface area contributed by atoms with Gasteiger partial charge in [0.25, 0.3) is 0 Å². The van der Waals surface area contributed by atoms with E-state index < -0.39 is 14.6 Å². The van der Waals surface area contributed by atoms with E-state index in [4.69, 9.17) is 0 Å². The summed E-state index contributed by atoms with van der Waals surface area (Å²) >= 11 is 0. The van der Waals surface area contributed by atoms with E-state index in [1.54, 1.807) is 45.0 Å². The second-order valence-corrected chi connectivity index (χ2v) is 9.42. The third kappa shape index (κ3) is 4.00. The zero-order valence-corrected chi connectivity index (χ0v) is 15.5. The Morgan fingerprint density at radius 2 is 1.21 bits per heavy atom. The molecule has 128 valence electrons. The predicted molar refractivity (Wildman–Crippen MR) is 98.3 cm³/mol. The van der Waals surface area contributed by atoms with Gasteiger partial charge in [-0.3, -0.25) is 0 Å². The van der Waals surface area contributed by atoms with Crippen molar-refractivity contribution in [1.82, 2.24) is 0 Å². The molecule has 0 saturated heterocycles. The van der Waals surface area contributed by atoms with E-state index in [0.717, 1.165) is 11.4 Å². The average molecular weight is 345 g/mol. The molecule has 0 radical (unpaired) electrons. The first-order chi connectivity index (χ1) is 11.1. The van der Waals surface area contributed by atoms with Crippen LogP contribution in [0.25, 0.3) is 0 Å². The van der Waals surface area contributed by atoms with Gasteiger partial charge in [0.1, 0.15) is 0 Å². The Kier molecular flexibility index (Phi) is 5.08. The smallest absolute Gasteiger partial charge is 0.183 e. The number of hydrogen-bond donors (Lipinski definition) is 0. The van der Waals surface area contributed by atoms with Crippen LogP contribution < -0.4 is 4.90 Å². The molecule has 6 heteroatoms. The van der Waals surface area contributed by atoms with E-state index in [1.807, 2.05) is 43.3 Å². The third-order valence-electron chi connectivity index (χ3n) is 3.60. The van der Waals surface area contributed by atoms with Crippen molar-refractivity contribution in [2.75, 3.05) is 19.0 Å². The molecule has 0 spiro atoms. The maximum Gasteiger partial charge on any atom is 0.183 e. The highest BCUT2D eigenvalue weighted by atomic mass is 32.2. The molecule has 0 N–H and O–H groups in total. The lowest BCUT2D eigenvalue weighted by atomic mass is 10.3. The van der Waals surface area contributed by atoms with Gasteiger partial charge in [-0.2, -0.15) is 10.2 Å². The number of benzene rings is 2. The average Bonchev–Trinajstić information content (AvgIpc) is 2.52. The zero-order chi connectivity index (χ0) is 18.0. The van der Waals surface area contributed by atoms with Crippen molar-refractivity contribution in [2.45, 2.75) is 30.4 Å². The number of anilines is 1. The summed E-state index contributed by atoms with van der Waals surface area (Å²) in [5.74, 6) is 0. The molecule has 0 saturated carbocycles.